The van der Waals surface area contributed by atoms with Gasteiger partial charge in [0.2, 0.25) is 0 Å². The summed E-state index contributed by atoms with van der Waals surface area (Å²) in [6.07, 6.45) is -4.00. The van der Waals surface area contributed by atoms with Crippen molar-refractivity contribution in [3.05, 3.63) is 42.5 Å². The second-order valence-electron chi connectivity index (χ2n) is 4.81. The average molecular weight is 393 g/mol. The average Bonchev–Trinajstić information content (AvgIpc) is 2.60. The van der Waals surface area contributed by atoms with Gasteiger partial charge in [-0.1, -0.05) is 0 Å². The number of nitro benzene ring substituents is 3. The Morgan fingerprint density at radius 1 is 0.926 bits per heavy atom. The van der Waals surface area contributed by atoms with Crippen LogP contribution in [-0.4, -0.2) is 71.5 Å². The molecule has 0 fully saturated rings. The summed E-state index contributed by atoms with van der Waals surface area (Å²) in [5.41, 5.74) is -3.00. The van der Waals surface area contributed by atoms with Crippen molar-refractivity contribution in [2.24, 2.45) is 0 Å². The van der Waals surface area contributed by atoms with E-state index in [0.717, 1.165) is 0 Å². The van der Waals surface area contributed by atoms with Gasteiger partial charge >= 0.3 is 11.4 Å². The van der Waals surface area contributed by atoms with Gasteiger partial charge in [0.1, 0.15) is 18.5 Å². The van der Waals surface area contributed by atoms with E-state index in [4.69, 9.17) is 25.5 Å². The van der Waals surface area contributed by atoms with Gasteiger partial charge in [-0.15, -0.1) is 0 Å². The van der Waals surface area contributed by atoms with Gasteiger partial charge in [-0.25, -0.2) is 0 Å². The number of hydrogen-bond donors (Lipinski definition) is 5. The Morgan fingerprint density at radius 3 is 1.67 bits per heavy atom. The number of benzene rings is 1. The molecule has 15 nitrogen and oxygen atoms in total. The molecule has 150 valence electrons. The van der Waals surface area contributed by atoms with Gasteiger partial charge in [-0.05, 0) is 0 Å². The van der Waals surface area contributed by atoms with Crippen LogP contribution in [-0.2, 0) is 4.79 Å². The summed E-state index contributed by atoms with van der Waals surface area (Å²) < 4.78 is 0. The number of aliphatic hydroxyl groups excluding tert-OH is 4. The molecule has 0 amide bonds. The predicted molar refractivity (Wildman–Crippen MR) is 83.9 cm³/mol. The highest BCUT2D eigenvalue weighted by molar-refractivity contribution is 5.64. The number of aliphatic hydroxyl groups is 4. The fourth-order valence-electron chi connectivity index (χ4n) is 1.58. The second kappa shape index (κ2) is 10.7. The Hall–Kier alpha value is -3.27. The fourth-order valence-corrected chi connectivity index (χ4v) is 1.58. The molecule has 15 heteroatoms. The maximum atomic E-state index is 10.4. The lowest BCUT2D eigenvalue weighted by atomic mass is 10.1. The highest BCUT2D eigenvalue weighted by atomic mass is 16.6. The van der Waals surface area contributed by atoms with Gasteiger partial charge in [0, 0.05) is 6.42 Å². The molecule has 0 radical (unpaired) electrons. The molecule has 0 spiro atoms. The van der Waals surface area contributed by atoms with E-state index >= 15 is 0 Å². The van der Waals surface area contributed by atoms with Crippen molar-refractivity contribution < 1.29 is 45.1 Å². The molecule has 0 unspecified atom stereocenters. The maximum Gasteiger partial charge on any atom is 0.324 e. The Morgan fingerprint density at radius 2 is 1.37 bits per heavy atom. The van der Waals surface area contributed by atoms with Gasteiger partial charge < -0.3 is 30.3 Å². The van der Waals surface area contributed by atoms with Crippen LogP contribution in [0.5, 0.6) is 5.75 Å². The third-order valence-corrected chi connectivity index (χ3v) is 2.97. The molecule has 0 aliphatic heterocycles. The van der Waals surface area contributed by atoms with Gasteiger partial charge in [0.05, 0.1) is 39.6 Å². The number of non-ortho nitro benzene ring substituents is 1. The number of aldehydes is 1. The molecule has 3 atom stereocenters. The number of nitrogens with zero attached hydrogens (tertiary/aromatic N) is 3. The molecule has 27 heavy (non-hydrogen) atoms. The molecule has 0 heterocycles. The fraction of sp³-hybridized carbons (Fsp3) is 0.417. The van der Waals surface area contributed by atoms with Crippen molar-refractivity contribution in [1.82, 2.24) is 0 Å². The number of carbonyl (C=O) groups excluding carboxylic acids is 1. The van der Waals surface area contributed by atoms with Crippen LogP contribution in [0.2, 0.25) is 0 Å². The largest absolute Gasteiger partial charge is 0.497 e. The van der Waals surface area contributed by atoms with E-state index in [0.29, 0.717) is 18.4 Å². The minimum absolute atomic E-state index is 0.252. The van der Waals surface area contributed by atoms with Gasteiger partial charge in [-0.3, -0.25) is 30.3 Å². The number of nitro groups is 3. The summed E-state index contributed by atoms with van der Waals surface area (Å²) >= 11 is 0. The number of aromatic hydroxyl groups is 1. The monoisotopic (exact) mass is 393 g/mol. The molecule has 0 aliphatic carbocycles. The van der Waals surface area contributed by atoms with Crippen LogP contribution in [0.4, 0.5) is 17.1 Å². The lowest BCUT2D eigenvalue weighted by Crippen LogP contribution is -2.39. The summed E-state index contributed by atoms with van der Waals surface area (Å²) in [7, 11) is 0. The smallest absolute Gasteiger partial charge is 0.324 e. The Kier molecular flexibility index (Phi) is 9.37. The number of hydrogen-bond acceptors (Lipinski definition) is 12. The molecule has 5 N–H and O–H groups in total. The first-order valence-electron chi connectivity index (χ1n) is 6.86. The van der Waals surface area contributed by atoms with Gasteiger partial charge in [0.15, 0.2) is 0 Å². The van der Waals surface area contributed by atoms with Crippen LogP contribution in [0.15, 0.2) is 12.1 Å². The summed E-state index contributed by atoms with van der Waals surface area (Å²) in [4.78, 5) is 37.6. The molecular weight excluding hydrogens is 378 g/mol. The zero-order valence-corrected chi connectivity index (χ0v) is 13.3. The zero-order valence-electron chi connectivity index (χ0n) is 13.3. The first-order valence-corrected chi connectivity index (χ1v) is 6.86. The molecule has 0 saturated carbocycles. The molecule has 1 rings (SSSR count). The number of phenolic OH excluding ortho intramolecular Hbond substituents is 1. The van der Waals surface area contributed by atoms with E-state index in [9.17, 15) is 35.1 Å². The van der Waals surface area contributed by atoms with Crippen molar-refractivity contribution in [2.45, 2.75) is 24.7 Å². The minimum atomic E-state index is -1.47. The molecule has 1 aromatic rings. The molecule has 0 aliphatic rings. The van der Waals surface area contributed by atoms with Crippen molar-refractivity contribution in [3.63, 3.8) is 0 Å². The minimum Gasteiger partial charge on any atom is -0.497 e. The standard InChI is InChI=1S/C6H3N3O7.C6H12O5/c10-6-4(8(13)14)1-3(7(11)12)2-5(6)9(15)16;7-2-1-4(9)6(11)5(10)3-8/h1-2,10H;2,4-6,8-11H,1,3H2/t;4-,5+,6+/m.0/s1. The quantitative estimate of drug-likeness (QED) is 0.198. The first-order chi connectivity index (χ1) is 12.5. The van der Waals surface area contributed by atoms with Crippen LogP contribution in [0, 0.1) is 30.3 Å². The van der Waals surface area contributed by atoms with Crippen LogP contribution in [0.25, 0.3) is 0 Å². The lowest BCUT2D eigenvalue weighted by Gasteiger charge is -2.19. The summed E-state index contributed by atoms with van der Waals surface area (Å²) in [5.74, 6) is -1.21. The van der Waals surface area contributed by atoms with Gasteiger partial charge in [-0.2, -0.15) is 0 Å². The molecule has 0 aromatic heterocycles. The highest BCUT2D eigenvalue weighted by Gasteiger charge is 2.30. The van der Waals surface area contributed by atoms with Crippen LogP contribution >= 0.6 is 0 Å². The van der Waals surface area contributed by atoms with E-state index in [2.05, 4.69) is 0 Å². The topological polar surface area (TPSA) is 248 Å². The zero-order chi connectivity index (χ0) is 21.3. The Bertz CT molecular complexity index is 674. The SMILES string of the molecule is O=CC[C@H](O)[C@@H](O)[C@H](O)CO.O=[N+]([O-])c1cc([N+](=O)[O-])c(O)c([N+](=O)[O-])c1. The van der Waals surface area contributed by atoms with Crippen molar-refractivity contribution in [1.29, 1.82) is 0 Å². The normalized spacial score (nSPS) is 13.5. The summed E-state index contributed by atoms with van der Waals surface area (Å²) in [6, 6.07) is 0.894. The molecular formula is C12H15N3O12. The van der Waals surface area contributed by atoms with E-state index in [1.54, 1.807) is 0 Å². The maximum absolute atomic E-state index is 10.4. The third kappa shape index (κ3) is 6.86. The molecule has 0 bridgehead atoms. The van der Waals surface area contributed by atoms with Crippen LogP contribution in [0.1, 0.15) is 6.42 Å². The number of rotatable bonds is 8. The highest BCUT2D eigenvalue weighted by Crippen LogP contribution is 2.38. The molecule has 0 saturated heterocycles. The van der Waals surface area contributed by atoms with Crippen LogP contribution < -0.4 is 0 Å². The lowest BCUT2D eigenvalue weighted by molar-refractivity contribution is -0.404. The van der Waals surface area contributed by atoms with Gasteiger partial charge in [0.25, 0.3) is 11.4 Å². The van der Waals surface area contributed by atoms with E-state index in [1.807, 2.05) is 0 Å². The first kappa shape index (κ1) is 23.7. The van der Waals surface area contributed by atoms with E-state index in [-0.39, 0.29) is 6.42 Å². The number of carbonyl (C=O) groups is 1. The van der Waals surface area contributed by atoms with Crippen molar-refractivity contribution in [2.75, 3.05) is 6.61 Å². The summed E-state index contributed by atoms with van der Waals surface area (Å²) in [5, 5.41) is 75.0. The second-order valence-corrected chi connectivity index (χ2v) is 4.81. The van der Waals surface area contributed by atoms with Crippen molar-refractivity contribution >= 4 is 23.3 Å². The van der Waals surface area contributed by atoms with Crippen molar-refractivity contribution in [3.8, 4) is 5.75 Å². The Labute approximate surface area is 149 Å². The summed E-state index contributed by atoms with van der Waals surface area (Å²) in [6.45, 7) is -0.642. The Balaban J connectivity index is 0.000000541. The van der Waals surface area contributed by atoms with E-state index < -0.39 is 62.5 Å². The number of phenols is 1. The van der Waals surface area contributed by atoms with Crippen LogP contribution in [0.3, 0.4) is 0 Å². The third-order valence-electron chi connectivity index (χ3n) is 2.97. The van der Waals surface area contributed by atoms with E-state index in [1.165, 1.54) is 0 Å². The predicted octanol–water partition coefficient (Wildman–Crippen LogP) is -1.23. The molecule has 1 aromatic carbocycles.